The number of alkyl carbamates (subject to hydrolysis) is 1. The summed E-state index contributed by atoms with van der Waals surface area (Å²) in [5.74, 6) is 0.811. The Morgan fingerprint density at radius 3 is 2.55 bits per heavy atom. The van der Waals surface area contributed by atoms with Crippen LogP contribution in [0.4, 0.5) is 4.79 Å². The van der Waals surface area contributed by atoms with Gasteiger partial charge in [-0.3, -0.25) is 9.78 Å². The lowest BCUT2D eigenvalue weighted by Crippen LogP contribution is -2.51. The van der Waals surface area contributed by atoms with Crippen LogP contribution in [0.2, 0.25) is 10.0 Å². The van der Waals surface area contributed by atoms with Crippen LogP contribution in [0.1, 0.15) is 50.3 Å². The maximum Gasteiger partial charge on any atom is 0.407 e. The number of likely N-dealkylation sites (tertiary alicyclic amines) is 1. The highest BCUT2D eigenvalue weighted by molar-refractivity contribution is 6.35. The molecule has 208 valence electrons. The average Bonchev–Trinajstić information content (AvgIpc) is 2.90. The highest BCUT2D eigenvalue weighted by Crippen LogP contribution is 2.33. The molecule has 38 heavy (non-hydrogen) atoms. The molecule has 2 heterocycles. The van der Waals surface area contributed by atoms with E-state index in [-0.39, 0.29) is 24.9 Å². The first-order valence-electron chi connectivity index (χ1n) is 13.1. The number of halogens is 2. The van der Waals surface area contributed by atoms with Crippen molar-refractivity contribution in [2.75, 3.05) is 40.4 Å². The monoisotopic (exact) mass is 564 g/mol. The summed E-state index contributed by atoms with van der Waals surface area (Å²) >= 11 is 12.4. The molecular weight excluding hydrogens is 527 g/mol. The Hall–Kier alpha value is -2.55. The van der Waals surface area contributed by atoms with E-state index in [2.05, 4.69) is 36.2 Å². The van der Waals surface area contributed by atoms with Gasteiger partial charge in [0, 0.05) is 47.7 Å². The van der Waals surface area contributed by atoms with Crippen molar-refractivity contribution in [1.29, 1.82) is 0 Å². The van der Waals surface area contributed by atoms with Gasteiger partial charge in [0.15, 0.2) is 0 Å². The Morgan fingerprint density at radius 2 is 1.92 bits per heavy atom. The quantitative estimate of drug-likeness (QED) is 0.405. The zero-order valence-electron chi connectivity index (χ0n) is 22.6. The van der Waals surface area contributed by atoms with Gasteiger partial charge in [0.25, 0.3) is 0 Å². The van der Waals surface area contributed by atoms with Crippen LogP contribution in [0.5, 0.6) is 5.75 Å². The number of piperidine rings is 1. The van der Waals surface area contributed by atoms with E-state index >= 15 is 0 Å². The van der Waals surface area contributed by atoms with Crippen molar-refractivity contribution < 1.29 is 19.1 Å². The van der Waals surface area contributed by atoms with Crippen molar-refractivity contribution >= 4 is 35.2 Å². The van der Waals surface area contributed by atoms with Crippen LogP contribution in [0.25, 0.3) is 0 Å². The van der Waals surface area contributed by atoms with Gasteiger partial charge < -0.3 is 24.6 Å². The summed E-state index contributed by atoms with van der Waals surface area (Å²) in [5.41, 5.74) is 1.65. The second-order valence-electron chi connectivity index (χ2n) is 9.68. The molecule has 1 saturated heterocycles. The van der Waals surface area contributed by atoms with Gasteiger partial charge in [0.2, 0.25) is 5.91 Å². The first-order chi connectivity index (χ1) is 18.2. The number of rotatable bonds is 11. The zero-order chi connectivity index (χ0) is 27.7. The summed E-state index contributed by atoms with van der Waals surface area (Å²) in [6, 6.07) is 8.48. The van der Waals surface area contributed by atoms with Crippen molar-refractivity contribution in [2.45, 2.75) is 57.5 Å². The fraction of sp³-hybridized carbons (Fsp3) is 0.536. The number of carbonyl (C=O) groups is 2. The van der Waals surface area contributed by atoms with E-state index in [4.69, 9.17) is 32.7 Å². The summed E-state index contributed by atoms with van der Waals surface area (Å²) in [6.07, 6.45) is 3.87. The molecule has 2 aromatic rings. The van der Waals surface area contributed by atoms with Crippen LogP contribution in [-0.4, -0.2) is 79.3 Å². The van der Waals surface area contributed by atoms with Crippen molar-refractivity contribution in [1.82, 2.24) is 20.1 Å². The smallest absolute Gasteiger partial charge is 0.407 e. The van der Waals surface area contributed by atoms with E-state index in [1.54, 1.807) is 36.2 Å². The topological polar surface area (TPSA) is 84.0 Å². The van der Waals surface area contributed by atoms with Crippen molar-refractivity contribution in [2.24, 2.45) is 0 Å². The van der Waals surface area contributed by atoms with Gasteiger partial charge in [-0.2, -0.15) is 0 Å². The Balaban J connectivity index is 1.68. The Kier molecular flexibility index (Phi) is 11.5. The molecule has 1 N–H and O–H groups in total. The highest BCUT2D eigenvalue weighted by Gasteiger charge is 2.32. The summed E-state index contributed by atoms with van der Waals surface area (Å²) in [5, 5.41) is 3.67. The number of benzene rings is 1. The molecule has 10 heteroatoms. The second kappa shape index (κ2) is 14.6. The van der Waals surface area contributed by atoms with Crippen LogP contribution in [0, 0.1) is 0 Å². The zero-order valence-corrected chi connectivity index (χ0v) is 24.1. The Labute approximate surface area is 235 Å². The number of likely N-dealkylation sites (N-methyl/N-ethyl adjacent to an activating group) is 1. The maximum absolute atomic E-state index is 13.5. The number of carbonyl (C=O) groups excluding carboxylic acids is 2. The predicted octanol–water partition coefficient (Wildman–Crippen LogP) is 5.17. The molecule has 1 aromatic carbocycles. The second-order valence-corrected chi connectivity index (χ2v) is 10.5. The number of nitrogens with one attached hydrogen (secondary N) is 1. The Bertz CT molecular complexity index is 1080. The number of nitrogens with zero attached hydrogens (tertiary/aromatic N) is 3. The number of aromatic nitrogens is 1. The van der Waals surface area contributed by atoms with Gasteiger partial charge in [0.1, 0.15) is 18.4 Å². The van der Waals surface area contributed by atoms with Crippen LogP contribution in [0.15, 0.2) is 36.5 Å². The predicted molar refractivity (Wildman–Crippen MR) is 150 cm³/mol. The van der Waals surface area contributed by atoms with E-state index in [0.29, 0.717) is 35.8 Å². The van der Waals surface area contributed by atoms with Crippen LogP contribution in [-0.2, 0) is 16.0 Å². The van der Waals surface area contributed by atoms with E-state index in [1.165, 1.54) is 0 Å². The number of pyridine rings is 1. The molecule has 2 atom stereocenters. The summed E-state index contributed by atoms with van der Waals surface area (Å²) < 4.78 is 11.2. The van der Waals surface area contributed by atoms with Crippen molar-refractivity contribution in [3.05, 3.63) is 57.8 Å². The fourth-order valence-corrected chi connectivity index (χ4v) is 5.15. The van der Waals surface area contributed by atoms with Gasteiger partial charge in [-0.15, -0.1) is 0 Å². The molecule has 3 rings (SSSR count). The minimum atomic E-state index is -0.810. The molecule has 1 fully saturated rings. The highest BCUT2D eigenvalue weighted by atomic mass is 35.5. The molecule has 0 aliphatic carbocycles. The lowest BCUT2D eigenvalue weighted by molar-refractivity contribution is -0.134. The van der Waals surface area contributed by atoms with Gasteiger partial charge in [-0.1, -0.05) is 36.2 Å². The minimum Gasteiger partial charge on any atom is -0.490 e. The average molecular weight is 566 g/mol. The minimum absolute atomic E-state index is 0.170. The number of ether oxygens (including phenoxy) is 2. The number of hydrogen-bond donors (Lipinski definition) is 1. The van der Waals surface area contributed by atoms with Gasteiger partial charge in [0.05, 0.1) is 12.3 Å². The molecule has 2 amide bonds. The van der Waals surface area contributed by atoms with Crippen LogP contribution < -0.4 is 10.1 Å². The van der Waals surface area contributed by atoms with E-state index in [1.807, 2.05) is 12.1 Å². The van der Waals surface area contributed by atoms with Crippen LogP contribution >= 0.6 is 23.2 Å². The summed E-state index contributed by atoms with van der Waals surface area (Å²) in [6.45, 7) is 5.76. The largest absolute Gasteiger partial charge is 0.490 e. The summed E-state index contributed by atoms with van der Waals surface area (Å²) in [4.78, 5) is 34.4. The maximum atomic E-state index is 13.5. The molecular formula is C28H38Cl2N4O4. The first kappa shape index (κ1) is 30.0. The van der Waals surface area contributed by atoms with Crippen LogP contribution in [0.3, 0.4) is 0 Å². The van der Waals surface area contributed by atoms with Gasteiger partial charge in [-0.05, 0) is 70.1 Å². The molecule has 1 aromatic heterocycles. The normalized spacial score (nSPS) is 15.7. The molecule has 0 radical (unpaired) electrons. The van der Waals surface area contributed by atoms with Gasteiger partial charge in [-0.25, -0.2) is 4.79 Å². The standard InChI is InChI=1S/C28H38Cl2N4O4/c1-5-22(33(3)4)18-38-25-8-7-13-31-26(25)19-11-14-34(15-12-19)27(35)24(32-28(36)37-6-2)16-20-9-10-21(29)17-23(20)30/h7-10,13,17,19,22,24H,5-6,11-12,14-16,18H2,1-4H3,(H,32,36). The van der Waals surface area contributed by atoms with E-state index in [9.17, 15) is 9.59 Å². The third-order valence-corrected chi connectivity index (χ3v) is 7.52. The molecule has 1 aliphatic rings. The lowest BCUT2D eigenvalue weighted by atomic mass is 9.91. The SMILES string of the molecule is CCOC(=O)NC(Cc1ccc(Cl)cc1Cl)C(=O)N1CCC(c2ncccc2OCC(CC)N(C)C)CC1. The molecule has 0 spiro atoms. The summed E-state index contributed by atoms with van der Waals surface area (Å²) in [7, 11) is 4.11. The van der Waals surface area contributed by atoms with Gasteiger partial charge >= 0.3 is 6.09 Å². The molecule has 2 unspecified atom stereocenters. The fourth-order valence-electron chi connectivity index (χ4n) is 4.67. The molecule has 0 saturated carbocycles. The number of hydrogen-bond acceptors (Lipinski definition) is 6. The van der Waals surface area contributed by atoms with E-state index in [0.717, 1.165) is 36.3 Å². The molecule has 0 bridgehead atoms. The Morgan fingerprint density at radius 1 is 1.18 bits per heavy atom. The molecule has 1 aliphatic heterocycles. The lowest BCUT2D eigenvalue weighted by Gasteiger charge is -2.34. The third kappa shape index (κ3) is 8.22. The van der Waals surface area contributed by atoms with E-state index < -0.39 is 12.1 Å². The molecule has 8 nitrogen and oxygen atoms in total. The first-order valence-corrected chi connectivity index (χ1v) is 13.9. The third-order valence-electron chi connectivity index (χ3n) is 6.93. The van der Waals surface area contributed by atoms with Crippen molar-refractivity contribution in [3.63, 3.8) is 0 Å². The van der Waals surface area contributed by atoms with Crippen molar-refractivity contribution in [3.8, 4) is 5.75 Å². The number of amides is 2.